The normalized spacial score (nSPS) is 17.1. The molecule has 2 aromatic carbocycles. The lowest BCUT2D eigenvalue weighted by atomic mass is 9.88. The van der Waals surface area contributed by atoms with Crippen molar-refractivity contribution in [1.82, 2.24) is 9.97 Å². The summed E-state index contributed by atoms with van der Waals surface area (Å²) < 4.78 is 5.64. The van der Waals surface area contributed by atoms with Gasteiger partial charge in [0.05, 0.1) is 12.6 Å². The number of hydrogen-bond acceptors (Lipinski definition) is 6. The van der Waals surface area contributed by atoms with Gasteiger partial charge in [0.2, 0.25) is 5.95 Å². The number of para-hydroxylation sites is 1. The van der Waals surface area contributed by atoms with E-state index in [0.717, 1.165) is 60.9 Å². The van der Waals surface area contributed by atoms with Gasteiger partial charge in [-0.05, 0) is 74.8 Å². The summed E-state index contributed by atoms with van der Waals surface area (Å²) in [6.07, 6.45) is 5.89. The number of hydrogen-bond donors (Lipinski definition) is 1. The van der Waals surface area contributed by atoms with E-state index in [1.807, 2.05) is 6.07 Å². The number of piperidine rings is 1. The maximum absolute atomic E-state index is 5.64. The number of benzene rings is 2. The Morgan fingerprint density at radius 1 is 1.06 bits per heavy atom. The molecule has 33 heavy (non-hydrogen) atoms. The fourth-order valence-electron chi connectivity index (χ4n) is 4.97. The SMILES string of the molecule is CCN(C)c1ccc2nc(NC3CCC3)nc(N3CCC(c4ccccc4OC)CC3)c2c1. The Balaban J connectivity index is 1.45. The molecule has 1 aromatic heterocycles. The van der Waals surface area contributed by atoms with Crippen molar-refractivity contribution >= 4 is 28.4 Å². The van der Waals surface area contributed by atoms with Crippen molar-refractivity contribution in [2.45, 2.75) is 51.0 Å². The molecule has 1 saturated heterocycles. The molecule has 174 valence electrons. The molecule has 1 N–H and O–H groups in total. The fourth-order valence-corrected chi connectivity index (χ4v) is 4.97. The molecular formula is C27H35N5O. The van der Waals surface area contributed by atoms with Crippen molar-refractivity contribution in [2.75, 3.05) is 48.9 Å². The topological polar surface area (TPSA) is 53.5 Å². The van der Waals surface area contributed by atoms with Crippen molar-refractivity contribution in [3.63, 3.8) is 0 Å². The Hall–Kier alpha value is -3.02. The van der Waals surface area contributed by atoms with Gasteiger partial charge >= 0.3 is 0 Å². The average molecular weight is 446 g/mol. The van der Waals surface area contributed by atoms with E-state index in [-0.39, 0.29) is 0 Å². The molecule has 2 aliphatic rings. The van der Waals surface area contributed by atoms with Crippen LogP contribution in [0.25, 0.3) is 10.9 Å². The highest BCUT2D eigenvalue weighted by molar-refractivity contribution is 5.93. The van der Waals surface area contributed by atoms with Gasteiger partial charge in [0.1, 0.15) is 11.6 Å². The minimum Gasteiger partial charge on any atom is -0.496 e. The summed E-state index contributed by atoms with van der Waals surface area (Å²) in [7, 11) is 3.90. The van der Waals surface area contributed by atoms with Gasteiger partial charge in [0.15, 0.2) is 0 Å². The molecule has 6 heteroatoms. The molecule has 1 aliphatic carbocycles. The minimum absolute atomic E-state index is 0.511. The summed E-state index contributed by atoms with van der Waals surface area (Å²) >= 11 is 0. The molecule has 6 nitrogen and oxygen atoms in total. The molecule has 0 bridgehead atoms. The third kappa shape index (κ3) is 4.43. The molecule has 1 saturated carbocycles. The summed E-state index contributed by atoms with van der Waals surface area (Å²) in [4.78, 5) is 14.7. The van der Waals surface area contributed by atoms with Crippen LogP contribution in [0.1, 0.15) is 50.5 Å². The molecule has 0 amide bonds. The molecule has 2 fully saturated rings. The van der Waals surface area contributed by atoms with Crippen molar-refractivity contribution in [3.05, 3.63) is 48.0 Å². The highest BCUT2D eigenvalue weighted by atomic mass is 16.5. The van der Waals surface area contributed by atoms with Crippen LogP contribution in [-0.4, -0.2) is 49.8 Å². The van der Waals surface area contributed by atoms with Crippen molar-refractivity contribution in [3.8, 4) is 5.75 Å². The van der Waals surface area contributed by atoms with Gasteiger partial charge in [-0.3, -0.25) is 0 Å². The van der Waals surface area contributed by atoms with Gasteiger partial charge in [0, 0.05) is 43.8 Å². The molecule has 0 radical (unpaired) electrons. The lowest BCUT2D eigenvalue weighted by molar-refractivity contribution is 0.397. The van der Waals surface area contributed by atoms with Gasteiger partial charge in [-0.15, -0.1) is 0 Å². The number of aromatic nitrogens is 2. The minimum atomic E-state index is 0.511. The molecule has 2 heterocycles. The predicted molar refractivity (Wildman–Crippen MR) is 137 cm³/mol. The van der Waals surface area contributed by atoms with Crippen LogP contribution in [0.15, 0.2) is 42.5 Å². The van der Waals surface area contributed by atoms with Crippen LogP contribution in [-0.2, 0) is 0 Å². The zero-order chi connectivity index (χ0) is 22.8. The van der Waals surface area contributed by atoms with Crippen LogP contribution in [0.5, 0.6) is 5.75 Å². The van der Waals surface area contributed by atoms with Gasteiger partial charge in [-0.1, -0.05) is 18.2 Å². The van der Waals surface area contributed by atoms with Crippen LogP contribution in [0.2, 0.25) is 0 Å². The predicted octanol–water partition coefficient (Wildman–Crippen LogP) is 5.44. The van der Waals surface area contributed by atoms with Crippen LogP contribution >= 0.6 is 0 Å². The average Bonchev–Trinajstić information content (AvgIpc) is 2.85. The molecule has 0 unspecified atom stereocenters. The zero-order valence-electron chi connectivity index (χ0n) is 20.1. The number of fused-ring (bicyclic) bond motifs is 1. The first kappa shape index (κ1) is 21.8. The Morgan fingerprint density at radius 3 is 2.55 bits per heavy atom. The van der Waals surface area contributed by atoms with E-state index in [0.29, 0.717) is 12.0 Å². The highest BCUT2D eigenvalue weighted by Gasteiger charge is 2.26. The Bertz CT molecular complexity index is 1100. The number of rotatable bonds is 7. The van der Waals surface area contributed by atoms with Gasteiger partial charge in [0.25, 0.3) is 0 Å². The van der Waals surface area contributed by atoms with Gasteiger partial charge in [-0.25, -0.2) is 4.98 Å². The molecule has 1 aliphatic heterocycles. The fraction of sp³-hybridized carbons (Fsp3) is 0.481. The maximum atomic E-state index is 5.64. The molecule has 3 aromatic rings. The van der Waals surface area contributed by atoms with E-state index in [2.05, 4.69) is 65.5 Å². The van der Waals surface area contributed by atoms with E-state index in [1.165, 1.54) is 30.5 Å². The number of nitrogens with zero attached hydrogens (tertiary/aromatic N) is 4. The maximum Gasteiger partial charge on any atom is 0.225 e. The lowest BCUT2D eigenvalue weighted by Crippen LogP contribution is -2.34. The third-order valence-electron chi connectivity index (χ3n) is 7.39. The van der Waals surface area contributed by atoms with Crippen LogP contribution in [0.3, 0.4) is 0 Å². The standard InChI is InChI=1S/C27H35N5O/c1-4-31(2)21-12-13-24-23(18-21)26(30-27(29-24)28-20-8-7-9-20)32-16-14-19(15-17-32)22-10-5-6-11-25(22)33-3/h5-6,10-13,18-20H,4,7-9,14-17H2,1-3H3,(H,28,29,30). The van der Waals surface area contributed by atoms with Crippen molar-refractivity contribution in [1.29, 1.82) is 0 Å². The van der Waals surface area contributed by atoms with Gasteiger partial charge in [-0.2, -0.15) is 4.98 Å². The molecule has 5 rings (SSSR count). The zero-order valence-corrected chi connectivity index (χ0v) is 20.1. The van der Waals surface area contributed by atoms with E-state index < -0.39 is 0 Å². The van der Waals surface area contributed by atoms with Crippen LogP contribution < -0.4 is 19.9 Å². The summed E-state index contributed by atoms with van der Waals surface area (Å²) in [5.41, 5.74) is 3.55. The molecular weight excluding hydrogens is 410 g/mol. The van der Waals surface area contributed by atoms with Crippen molar-refractivity contribution < 1.29 is 4.74 Å². The second kappa shape index (κ2) is 9.46. The van der Waals surface area contributed by atoms with Crippen molar-refractivity contribution in [2.24, 2.45) is 0 Å². The van der Waals surface area contributed by atoms with Crippen LogP contribution in [0, 0.1) is 0 Å². The number of nitrogens with one attached hydrogen (secondary N) is 1. The third-order valence-corrected chi connectivity index (χ3v) is 7.39. The summed E-state index contributed by atoms with van der Waals surface area (Å²) in [5, 5.41) is 4.71. The Morgan fingerprint density at radius 2 is 1.85 bits per heavy atom. The Labute approximate surface area is 197 Å². The first-order valence-electron chi connectivity index (χ1n) is 12.3. The monoisotopic (exact) mass is 445 g/mol. The molecule has 0 atom stereocenters. The first-order valence-corrected chi connectivity index (χ1v) is 12.3. The van der Waals surface area contributed by atoms with Crippen LogP contribution in [0.4, 0.5) is 17.5 Å². The largest absolute Gasteiger partial charge is 0.496 e. The smallest absolute Gasteiger partial charge is 0.225 e. The summed E-state index contributed by atoms with van der Waals surface area (Å²) in [6, 6.07) is 15.5. The summed E-state index contributed by atoms with van der Waals surface area (Å²) in [5.74, 6) is 3.35. The van der Waals surface area contributed by atoms with Gasteiger partial charge < -0.3 is 19.9 Å². The van der Waals surface area contributed by atoms with E-state index >= 15 is 0 Å². The first-order chi connectivity index (χ1) is 16.2. The van der Waals surface area contributed by atoms with E-state index in [9.17, 15) is 0 Å². The van der Waals surface area contributed by atoms with E-state index in [1.54, 1.807) is 7.11 Å². The number of anilines is 3. The number of methoxy groups -OCH3 is 1. The Kier molecular flexibility index (Phi) is 6.25. The quantitative estimate of drug-likeness (QED) is 0.522. The number of ether oxygens (including phenoxy) is 1. The second-order valence-corrected chi connectivity index (χ2v) is 9.36. The second-order valence-electron chi connectivity index (χ2n) is 9.36. The molecule has 0 spiro atoms. The highest BCUT2D eigenvalue weighted by Crippen LogP contribution is 2.37. The summed E-state index contributed by atoms with van der Waals surface area (Å²) in [6.45, 7) is 5.10. The van der Waals surface area contributed by atoms with E-state index in [4.69, 9.17) is 14.7 Å². The lowest BCUT2D eigenvalue weighted by Gasteiger charge is -2.34.